The molecule has 0 spiro atoms. The number of ether oxygens (including phenoxy) is 5. The van der Waals surface area contributed by atoms with Gasteiger partial charge in [-0.05, 0) is 48.2 Å². The minimum Gasteiger partial charge on any atom is -0.635 e. The Morgan fingerprint density at radius 3 is 1.48 bits per heavy atom. The molecule has 0 aromatic heterocycles. The van der Waals surface area contributed by atoms with E-state index >= 15 is 0 Å². The number of carbonyl (C=O) groups excluding carboxylic acids is 3. The van der Waals surface area contributed by atoms with Crippen LogP contribution in [0.5, 0.6) is 51.7 Å². The van der Waals surface area contributed by atoms with Crippen molar-refractivity contribution in [2.24, 2.45) is 0 Å². The van der Waals surface area contributed by atoms with E-state index in [-0.39, 0.29) is 0 Å². The Balaban J connectivity index is 1.54. The number of aliphatic hydroxyl groups excluding tert-OH is 1. The van der Waals surface area contributed by atoms with E-state index in [2.05, 4.69) is 5.32 Å². The van der Waals surface area contributed by atoms with Crippen molar-refractivity contribution in [3.8, 4) is 51.7 Å². The highest BCUT2D eigenvalue weighted by molar-refractivity contribution is 5.92. The van der Waals surface area contributed by atoms with Gasteiger partial charge in [0.1, 0.15) is 18.8 Å². The fourth-order valence-corrected chi connectivity index (χ4v) is 5.22. The average Bonchev–Trinajstić information content (AvgIpc) is 3.14. The molecule has 4 aromatic carbocycles. The minimum absolute atomic E-state index is 0.437. The van der Waals surface area contributed by atoms with Crippen molar-refractivity contribution in [3.63, 3.8) is 0 Å². The molecule has 1 fully saturated rings. The van der Waals surface area contributed by atoms with Gasteiger partial charge in [0.05, 0.1) is 16.7 Å². The molecule has 1 heterocycles. The van der Waals surface area contributed by atoms with E-state index in [4.69, 9.17) is 23.7 Å². The van der Waals surface area contributed by atoms with E-state index in [1.165, 1.54) is 7.05 Å². The van der Waals surface area contributed by atoms with Gasteiger partial charge in [-0.1, -0.05) is 30.3 Å². The van der Waals surface area contributed by atoms with E-state index < -0.39 is 130 Å². The van der Waals surface area contributed by atoms with Gasteiger partial charge in [0, 0.05) is 0 Å². The third kappa shape index (κ3) is 8.18. The summed E-state index contributed by atoms with van der Waals surface area (Å²) in [6.45, 7) is -0.864. The van der Waals surface area contributed by atoms with Gasteiger partial charge in [-0.3, -0.25) is 0 Å². The van der Waals surface area contributed by atoms with Gasteiger partial charge in [-0.15, -0.1) is 0 Å². The van der Waals surface area contributed by atoms with Crippen molar-refractivity contribution in [3.05, 3.63) is 94.3 Å². The molecular formula is C35H32NO18-. The summed E-state index contributed by atoms with van der Waals surface area (Å²) in [6.07, 6.45) is -10.8. The number of hydrogen-bond donors (Lipinski definition) is 10. The second-order valence-electron chi connectivity index (χ2n) is 11.6. The van der Waals surface area contributed by atoms with Crippen LogP contribution in [0.1, 0.15) is 42.9 Å². The maximum Gasteiger partial charge on any atom is 0.339 e. The highest BCUT2D eigenvalue weighted by atomic mass is 16.7. The van der Waals surface area contributed by atoms with Crippen LogP contribution < -0.4 is 0 Å². The monoisotopic (exact) mass is 754 g/mol. The Hall–Kier alpha value is -6.67. The molecule has 10 N–H and O–H groups in total. The van der Waals surface area contributed by atoms with Gasteiger partial charge in [-0.2, -0.15) is 7.05 Å². The molecule has 6 atom stereocenters. The number of benzene rings is 4. The van der Waals surface area contributed by atoms with Crippen molar-refractivity contribution < 1.29 is 89.1 Å². The van der Waals surface area contributed by atoms with E-state index in [9.17, 15) is 65.4 Å². The topological polar surface area (TPSA) is 314 Å². The van der Waals surface area contributed by atoms with E-state index in [0.29, 0.717) is 17.7 Å². The molecule has 19 nitrogen and oxygen atoms in total. The lowest BCUT2D eigenvalue weighted by Gasteiger charge is -2.45. The first-order chi connectivity index (χ1) is 25.6. The molecule has 0 radical (unpaired) electrons. The summed E-state index contributed by atoms with van der Waals surface area (Å²) < 4.78 is 28.4. The van der Waals surface area contributed by atoms with Gasteiger partial charge in [-0.25, -0.2) is 14.4 Å². The zero-order chi connectivity index (χ0) is 39.4. The lowest BCUT2D eigenvalue weighted by atomic mass is 9.98. The van der Waals surface area contributed by atoms with Crippen LogP contribution in [0.3, 0.4) is 0 Å². The van der Waals surface area contributed by atoms with Gasteiger partial charge >= 0.3 is 17.9 Å². The number of esters is 3. The Bertz CT molecular complexity index is 1970. The predicted octanol–water partition coefficient (Wildman–Crippen LogP) is 2.45. The predicted molar refractivity (Wildman–Crippen MR) is 177 cm³/mol. The van der Waals surface area contributed by atoms with Gasteiger partial charge in [0.15, 0.2) is 70.2 Å². The van der Waals surface area contributed by atoms with E-state index in [0.717, 1.165) is 24.3 Å². The van der Waals surface area contributed by atoms with Crippen LogP contribution in [-0.2, 0) is 23.7 Å². The molecular weight excluding hydrogens is 722 g/mol. The van der Waals surface area contributed by atoms with Gasteiger partial charge < -0.3 is 80.1 Å². The van der Waals surface area contributed by atoms with Crippen LogP contribution >= 0.6 is 0 Å². The number of aromatic hydroxyl groups is 9. The summed E-state index contributed by atoms with van der Waals surface area (Å²) in [4.78, 5) is 39.8. The molecule has 19 heteroatoms. The van der Waals surface area contributed by atoms with Crippen molar-refractivity contribution in [1.82, 2.24) is 0 Å². The number of rotatable bonds is 11. The van der Waals surface area contributed by atoms with Crippen molar-refractivity contribution in [1.29, 1.82) is 0 Å². The van der Waals surface area contributed by atoms with Crippen LogP contribution in [0.4, 0.5) is 0 Å². The number of phenols is 9. The summed E-state index contributed by atoms with van der Waals surface area (Å²) in [6, 6.07) is 12.7. The molecule has 1 aliphatic heterocycles. The van der Waals surface area contributed by atoms with Crippen LogP contribution in [-0.4, -0.2) is 113 Å². The number of nitrogens with zero attached hydrogens (tertiary/aromatic N) is 1. The van der Waals surface area contributed by atoms with Crippen LogP contribution in [0.2, 0.25) is 0 Å². The summed E-state index contributed by atoms with van der Waals surface area (Å²) in [5.41, 5.74) is -1.13. The second kappa shape index (κ2) is 15.9. The molecule has 286 valence electrons. The average molecular weight is 755 g/mol. The summed E-state index contributed by atoms with van der Waals surface area (Å²) in [5, 5.41) is 105. The highest BCUT2D eigenvalue weighted by Gasteiger charge is 2.51. The fourth-order valence-electron chi connectivity index (χ4n) is 5.22. The van der Waals surface area contributed by atoms with Crippen LogP contribution in [0.25, 0.3) is 5.32 Å². The molecule has 54 heavy (non-hydrogen) atoms. The van der Waals surface area contributed by atoms with Crippen molar-refractivity contribution >= 4 is 17.9 Å². The zero-order valence-corrected chi connectivity index (χ0v) is 27.7. The van der Waals surface area contributed by atoms with E-state index in [1.54, 1.807) is 30.3 Å². The maximum absolute atomic E-state index is 13.5. The molecule has 0 amide bonds. The summed E-state index contributed by atoms with van der Waals surface area (Å²) in [5.74, 6) is -12.2. The molecule has 1 aliphatic rings. The SMILES string of the molecule is C[N-][C@H](O[C@@H]1O[C@H](COC(=O)c2cc(O)c(O)c(O)c2)[C@@H](O)[C@H](OC(=O)c2cc(O)c(O)c(O)c2)[C@H]1OC(=O)c1cc(O)c(O)c(O)c1)c1ccccc1. The second-order valence-corrected chi connectivity index (χ2v) is 11.6. The molecule has 1 saturated heterocycles. The fraction of sp³-hybridized carbons (Fsp3) is 0.229. The zero-order valence-electron chi connectivity index (χ0n) is 27.7. The molecule has 0 bridgehead atoms. The highest BCUT2D eigenvalue weighted by Crippen LogP contribution is 2.39. The quantitative estimate of drug-likeness (QED) is 0.0597. The molecule has 4 aromatic rings. The molecule has 0 saturated carbocycles. The minimum atomic E-state index is -2.07. The Labute approximate surface area is 303 Å². The normalized spacial score (nSPS) is 20.1. The summed E-state index contributed by atoms with van der Waals surface area (Å²) in [7, 11) is 1.36. The Kier molecular flexibility index (Phi) is 11.4. The number of carbonyl (C=O) groups is 3. The van der Waals surface area contributed by atoms with Gasteiger partial charge in [0.2, 0.25) is 0 Å². The Morgan fingerprint density at radius 2 is 1.06 bits per heavy atom. The lowest BCUT2D eigenvalue weighted by Crippen LogP contribution is -2.62. The molecule has 0 aliphatic carbocycles. The first-order valence-corrected chi connectivity index (χ1v) is 15.6. The third-order valence-corrected chi connectivity index (χ3v) is 7.98. The molecule has 5 rings (SSSR count). The number of phenolic OH excluding ortho intramolecular Hbond substituents is 9. The number of aliphatic hydroxyl groups is 1. The van der Waals surface area contributed by atoms with Gasteiger partial charge in [0.25, 0.3) is 0 Å². The summed E-state index contributed by atoms with van der Waals surface area (Å²) >= 11 is 0. The first-order valence-electron chi connectivity index (χ1n) is 15.6. The lowest BCUT2D eigenvalue weighted by molar-refractivity contribution is -0.307. The standard InChI is InChI=1S/C35H32NO18/c1-36-31(14-5-3-2-4-6-14)54-35-30(53-34(49)17-11-22(41)27(45)23(42)12-17)29(52-33(48)16-9-20(39)26(44)21(40)10-16)28(46)24(51-35)13-50-32(47)15-7-18(37)25(43)19(38)8-15/h2-12,24,28-31,35,37-46H,13H2,1H3/q-1/t24-,28-,29+,30-,31-,35+/m1/s1. The first kappa shape index (κ1) is 38.6. The number of hydrogen-bond acceptors (Lipinski definition) is 18. The van der Waals surface area contributed by atoms with E-state index in [1.807, 2.05) is 0 Å². The Morgan fingerprint density at radius 1 is 0.648 bits per heavy atom. The largest absolute Gasteiger partial charge is 0.635 e. The van der Waals surface area contributed by atoms with Crippen LogP contribution in [0.15, 0.2) is 66.7 Å². The van der Waals surface area contributed by atoms with Crippen molar-refractivity contribution in [2.75, 3.05) is 13.7 Å². The van der Waals surface area contributed by atoms with Crippen LogP contribution in [0, 0.1) is 0 Å². The van der Waals surface area contributed by atoms with Crippen molar-refractivity contribution in [2.45, 2.75) is 36.9 Å². The maximum atomic E-state index is 13.5. The molecule has 0 unspecified atom stereocenters. The third-order valence-electron chi connectivity index (χ3n) is 7.98. The smallest absolute Gasteiger partial charge is 0.339 e.